The normalized spacial score (nSPS) is 18.2. The molecule has 0 amide bonds. The Morgan fingerprint density at radius 2 is 2.19 bits per heavy atom. The maximum absolute atomic E-state index is 13.5. The van der Waals surface area contributed by atoms with E-state index < -0.39 is 0 Å². The van der Waals surface area contributed by atoms with Gasteiger partial charge in [-0.1, -0.05) is 11.6 Å². The Hall–Kier alpha value is -0.640. The van der Waals surface area contributed by atoms with Crippen LogP contribution in [0.1, 0.15) is 17.5 Å². The highest BCUT2D eigenvalue weighted by atomic mass is 35.5. The smallest absolute Gasteiger partial charge is 0.126 e. The van der Waals surface area contributed by atoms with Gasteiger partial charge in [-0.3, -0.25) is 0 Å². The summed E-state index contributed by atoms with van der Waals surface area (Å²) in [6.45, 7) is 2.72. The number of ether oxygens (including phenoxy) is 1. The van der Waals surface area contributed by atoms with Gasteiger partial charge in [-0.25, -0.2) is 4.39 Å². The van der Waals surface area contributed by atoms with Gasteiger partial charge in [-0.2, -0.15) is 0 Å². The van der Waals surface area contributed by atoms with E-state index >= 15 is 0 Å². The summed E-state index contributed by atoms with van der Waals surface area (Å²) in [4.78, 5) is 0. The van der Waals surface area contributed by atoms with Crippen molar-refractivity contribution in [3.63, 3.8) is 0 Å². The van der Waals surface area contributed by atoms with Crippen LogP contribution in [0.15, 0.2) is 12.1 Å². The number of hydrogen-bond donors (Lipinski definition) is 1. The van der Waals surface area contributed by atoms with Gasteiger partial charge in [0.15, 0.2) is 0 Å². The zero-order valence-electron chi connectivity index (χ0n) is 9.09. The average molecular weight is 245 g/mol. The van der Waals surface area contributed by atoms with Crippen LogP contribution < -0.4 is 0 Å². The van der Waals surface area contributed by atoms with Crippen LogP contribution in [-0.4, -0.2) is 24.9 Å². The van der Waals surface area contributed by atoms with Crippen LogP contribution in [0.5, 0.6) is 0 Å². The van der Waals surface area contributed by atoms with Crippen LogP contribution in [0.4, 0.5) is 4.39 Å². The molecular weight excluding hydrogens is 231 g/mol. The van der Waals surface area contributed by atoms with Crippen molar-refractivity contribution in [3.05, 3.63) is 34.1 Å². The summed E-state index contributed by atoms with van der Waals surface area (Å²) >= 11 is 6.13. The molecule has 1 heterocycles. The molecule has 2 nitrogen and oxygen atoms in total. The van der Waals surface area contributed by atoms with E-state index in [-0.39, 0.29) is 17.8 Å². The third kappa shape index (κ3) is 1.83. The topological polar surface area (TPSA) is 29.5 Å². The number of benzene rings is 1. The highest BCUT2D eigenvalue weighted by Gasteiger charge is 2.41. The summed E-state index contributed by atoms with van der Waals surface area (Å²) in [5, 5.41) is 9.60. The third-order valence-electron chi connectivity index (χ3n) is 3.17. The van der Waals surface area contributed by atoms with Crippen LogP contribution >= 0.6 is 11.6 Å². The second-order valence-electron chi connectivity index (χ2n) is 4.33. The molecule has 0 aromatic heterocycles. The quantitative estimate of drug-likeness (QED) is 0.885. The monoisotopic (exact) mass is 244 g/mol. The largest absolute Gasteiger partial charge is 0.396 e. The van der Waals surface area contributed by atoms with E-state index in [1.807, 2.05) is 0 Å². The van der Waals surface area contributed by atoms with Crippen molar-refractivity contribution >= 4 is 11.6 Å². The molecule has 0 unspecified atom stereocenters. The lowest BCUT2D eigenvalue weighted by atomic mass is 9.76. The Bertz CT molecular complexity index is 402. The molecule has 1 fully saturated rings. The van der Waals surface area contributed by atoms with Gasteiger partial charge in [0.1, 0.15) is 5.82 Å². The van der Waals surface area contributed by atoms with Crippen molar-refractivity contribution in [1.82, 2.24) is 0 Å². The van der Waals surface area contributed by atoms with Crippen molar-refractivity contribution in [2.45, 2.75) is 18.8 Å². The molecule has 4 heteroatoms. The van der Waals surface area contributed by atoms with E-state index in [1.54, 1.807) is 13.0 Å². The van der Waals surface area contributed by atoms with E-state index in [1.165, 1.54) is 6.07 Å². The average Bonchev–Trinajstić information content (AvgIpc) is 2.18. The standard InChI is InChI=1S/C12H14ClFO2/c1-8-4-10(13)9(5-11(8)14)12(2-3-15)6-16-7-12/h4-5,15H,2-3,6-7H2,1H3. The van der Waals surface area contributed by atoms with Crippen LogP contribution in [-0.2, 0) is 10.2 Å². The minimum Gasteiger partial charge on any atom is -0.396 e. The Morgan fingerprint density at radius 1 is 1.50 bits per heavy atom. The molecule has 0 bridgehead atoms. The molecule has 1 N–H and O–H groups in total. The predicted molar refractivity (Wildman–Crippen MR) is 60.3 cm³/mol. The number of aliphatic hydroxyl groups excluding tert-OH is 1. The zero-order chi connectivity index (χ0) is 11.8. The molecule has 0 atom stereocenters. The van der Waals surface area contributed by atoms with Gasteiger partial charge in [0, 0.05) is 17.0 Å². The number of halogens is 2. The number of rotatable bonds is 3. The second-order valence-corrected chi connectivity index (χ2v) is 4.74. The van der Waals surface area contributed by atoms with E-state index in [0.717, 1.165) is 5.56 Å². The van der Waals surface area contributed by atoms with Crippen LogP contribution in [0.25, 0.3) is 0 Å². The molecule has 0 spiro atoms. The summed E-state index contributed by atoms with van der Waals surface area (Å²) in [6, 6.07) is 3.10. The molecular formula is C12H14ClFO2. The molecule has 1 aliphatic rings. The first-order chi connectivity index (χ1) is 7.59. The highest BCUT2D eigenvalue weighted by Crippen LogP contribution is 2.40. The number of aryl methyl sites for hydroxylation is 1. The lowest BCUT2D eigenvalue weighted by Gasteiger charge is -2.42. The molecule has 1 saturated heterocycles. The zero-order valence-corrected chi connectivity index (χ0v) is 9.85. The molecule has 16 heavy (non-hydrogen) atoms. The maximum Gasteiger partial charge on any atom is 0.126 e. The summed E-state index contributed by atoms with van der Waals surface area (Å²) in [5.74, 6) is -0.261. The van der Waals surface area contributed by atoms with Crippen LogP contribution in [0.2, 0.25) is 5.02 Å². The van der Waals surface area contributed by atoms with Crippen molar-refractivity contribution in [2.24, 2.45) is 0 Å². The summed E-state index contributed by atoms with van der Waals surface area (Å²) in [5.41, 5.74) is 0.978. The van der Waals surface area contributed by atoms with Crippen LogP contribution in [0, 0.1) is 12.7 Å². The van der Waals surface area contributed by atoms with Gasteiger partial charge in [-0.05, 0) is 36.6 Å². The highest BCUT2D eigenvalue weighted by molar-refractivity contribution is 6.31. The fraction of sp³-hybridized carbons (Fsp3) is 0.500. The fourth-order valence-electron chi connectivity index (χ4n) is 2.05. The first-order valence-corrected chi connectivity index (χ1v) is 5.61. The van der Waals surface area contributed by atoms with E-state index in [9.17, 15) is 4.39 Å². The minimum atomic E-state index is -0.305. The Labute approximate surface area is 99.0 Å². The van der Waals surface area contributed by atoms with Gasteiger partial charge < -0.3 is 9.84 Å². The second kappa shape index (κ2) is 4.32. The van der Waals surface area contributed by atoms with E-state index in [4.69, 9.17) is 21.4 Å². The summed E-state index contributed by atoms with van der Waals surface area (Å²) in [6.07, 6.45) is 0.551. The molecule has 0 aliphatic carbocycles. The number of aliphatic hydroxyl groups is 1. The van der Waals surface area contributed by atoms with Crippen molar-refractivity contribution in [2.75, 3.05) is 19.8 Å². The summed E-state index contributed by atoms with van der Waals surface area (Å²) < 4.78 is 18.7. The van der Waals surface area contributed by atoms with Crippen molar-refractivity contribution < 1.29 is 14.2 Å². The third-order valence-corrected chi connectivity index (χ3v) is 3.48. The number of hydrogen-bond acceptors (Lipinski definition) is 2. The van der Waals surface area contributed by atoms with Crippen LogP contribution in [0.3, 0.4) is 0 Å². The molecule has 2 rings (SSSR count). The molecule has 1 aliphatic heterocycles. The van der Waals surface area contributed by atoms with Gasteiger partial charge in [-0.15, -0.1) is 0 Å². The van der Waals surface area contributed by atoms with E-state index in [2.05, 4.69) is 0 Å². The predicted octanol–water partition coefficient (Wildman–Crippen LogP) is 2.44. The van der Waals surface area contributed by atoms with Crippen molar-refractivity contribution in [1.29, 1.82) is 0 Å². The van der Waals surface area contributed by atoms with E-state index in [0.29, 0.717) is 30.2 Å². The minimum absolute atomic E-state index is 0.0508. The molecule has 88 valence electrons. The SMILES string of the molecule is Cc1cc(Cl)c(C2(CCO)COC2)cc1F. The first-order valence-electron chi connectivity index (χ1n) is 5.24. The molecule has 1 aromatic rings. The first kappa shape index (κ1) is 11.8. The Kier molecular flexibility index (Phi) is 3.19. The van der Waals surface area contributed by atoms with Gasteiger partial charge in [0.2, 0.25) is 0 Å². The molecule has 1 aromatic carbocycles. The molecule has 0 saturated carbocycles. The fourth-order valence-corrected chi connectivity index (χ4v) is 2.47. The Balaban J connectivity index is 2.42. The van der Waals surface area contributed by atoms with Gasteiger partial charge >= 0.3 is 0 Å². The van der Waals surface area contributed by atoms with Crippen molar-refractivity contribution in [3.8, 4) is 0 Å². The molecule has 0 radical (unpaired) electrons. The Morgan fingerprint density at radius 3 is 2.69 bits per heavy atom. The maximum atomic E-state index is 13.5. The lowest BCUT2D eigenvalue weighted by molar-refractivity contribution is -0.0701. The van der Waals surface area contributed by atoms with Gasteiger partial charge in [0.05, 0.1) is 13.2 Å². The lowest BCUT2D eigenvalue weighted by Crippen LogP contribution is -2.47. The van der Waals surface area contributed by atoms with Gasteiger partial charge in [0.25, 0.3) is 0 Å². The summed E-state index contributed by atoms with van der Waals surface area (Å²) in [7, 11) is 0.